The smallest absolute Gasteiger partial charge is 0.460 e. The Hall–Kier alpha value is -4.91. The van der Waals surface area contributed by atoms with E-state index in [0.717, 1.165) is 24.3 Å². The molecule has 0 amide bonds. The second-order valence-electron chi connectivity index (χ2n) is 11.4. The maximum atomic E-state index is 13.5. The monoisotopic (exact) mass is 800 g/mol. The molecule has 0 fully saturated rings. The number of ether oxygens (including phenoxy) is 3. The first-order chi connectivity index (χ1) is 24.6. The van der Waals surface area contributed by atoms with Crippen LogP contribution in [0.4, 0.5) is 74.6 Å². The van der Waals surface area contributed by atoms with Gasteiger partial charge in [-0.15, -0.1) is 0 Å². The zero-order valence-electron chi connectivity index (χ0n) is 26.4. The van der Waals surface area contributed by atoms with Crippen LogP contribution in [0.5, 0.6) is 17.2 Å². The first-order valence-electron chi connectivity index (χ1n) is 14.7. The molecule has 0 aliphatic heterocycles. The molecule has 4 aromatic rings. The zero-order valence-corrected chi connectivity index (χ0v) is 26.4. The van der Waals surface area contributed by atoms with Crippen molar-refractivity contribution in [3.8, 4) is 50.6 Å². The fourth-order valence-corrected chi connectivity index (χ4v) is 4.34. The van der Waals surface area contributed by atoms with E-state index >= 15 is 0 Å². The molecule has 0 aliphatic carbocycles. The molecule has 0 radical (unpaired) electrons. The van der Waals surface area contributed by atoms with Gasteiger partial charge in [0.25, 0.3) is 0 Å². The molecule has 0 aliphatic rings. The molecule has 0 spiro atoms. The quantitative estimate of drug-likeness (QED) is 0.126. The van der Waals surface area contributed by atoms with Gasteiger partial charge in [0.1, 0.15) is 17.2 Å². The van der Waals surface area contributed by atoms with Crippen molar-refractivity contribution in [3.05, 3.63) is 91.0 Å². The topological polar surface area (TPSA) is 27.7 Å². The molecule has 4 rings (SSSR count). The highest BCUT2D eigenvalue weighted by molar-refractivity contribution is 5.74. The van der Waals surface area contributed by atoms with Crippen molar-refractivity contribution in [2.45, 2.75) is 42.2 Å². The van der Waals surface area contributed by atoms with E-state index in [0.29, 0.717) is 28.3 Å². The number of rotatable bonds is 13. The van der Waals surface area contributed by atoms with E-state index in [9.17, 15) is 74.6 Å². The highest BCUT2D eigenvalue weighted by atomic mass is 19.4. The van der Waals surface area contributed by atoms with Crippen molar-refractivity contribution < 1.29 is 88.8 Å². The highest BCUT2D eigenvalue weighted by Gasteiger charge is 2.73. The minimum atomic E-state index is -6.51. The lowest BCUT2D eigenvalue weighted by atomic mass is 9.98. The number of hydrogen-bond acceptors (Lipinski definition) is 3. The molecule has 0 saturated carbocycles. The lowest BCUT2D eigenvalue weighted by molar-refractivity contribution is -0.358. The van der Waals surface area contributed by atoms with Gasteiger partial charge in [0.15, 0.2) is 19.8 Å². The van der Waals surface area contributed by atoms with E-state index in [1.165, 1.54) is 36.4 Å². The Morgan fingerprint density at radius 1 is 0.296 bits per heavy atom. The molecule has 0 atom stereocenters. The summed E-state index contributed by atoms with van der Waals surface area (Å²) in [6.45, 7) is -6.77. The summed E-state index contributed by atoms with van der Waals surface area (Å²) in [6.07, 6.45) is -18.6. The molecule has 0 N–H and O–H groups in total. The minimum absolute atomic E-state index is 0.0970. The van der Waals surface area contributed by atoms with E-state index in [4.69, 9.17) is 0 Å². The molecule has 0 saturated heterocycles. The molecule has 0 heterocycles. The summed E-state index contributed by atoms with van der Waals surface area (Å²) in [5, 5.41) is 0. The van der Waals surface area contributed by atoms with Gasteiger partial charge in [0, 0.05) is 6.07 Å². The third kappa shape index (κ3) is 9.41. The van der Waals surface area contributed by atoms with Crippen LogP contribution in [0.15, 0.2) is 91.0 Å². The van der Waals surface area contributed by atoms with Gasteiger partial charge in [-0.2, -0.15) is 74.6 Å². The van der Waals surface area contributed by atoms with Crippen LogP contribution in [0.2, 0.25) is 0 Å². The molecule has 0 aromatic heterocycles. The Labute approximate surface area is 292 Å². The van der Waals surface area contributed by atoms with Gasteiger partial charge >= 0.3 is 42.2 Å². The van der Waals surface area contributed by atoms with Crippen molar-refractivity contribution in [2.75, 3.05) is 19.8 Å². The summed E-state index contributed by atoms with van der Waals surface area (Å²) in [4.78, 5) is 0. The third-order valence-corrected chi connectivity index (χ3v) is 7.41. The highest BCUT2D eigenvalue weighted by Crippen LogP contribution is 2.47. The number of hydrogen-bond donors (Lipinski definition) is 0. The van der Waals surface area contributed by atoms with Crippen LogP contribution in [-0.2, 0) is 0 Å². The predicted octanol–water partition coefficient (Wildman–Crippen LogP) is 12.1. The average Bonchev–Trinajstić information content (AvgIpc) is 3.08. The van der Waals surface area contributed by atoms with E-state index < -0.39 is 79.3 Å². The van der Waals surface area contributed by atoms with Gasteiger partial charge in [-0.3, -0.25) is 0 Å². The maximum Gasteiger partial charge on any atom is 0.460 e. The number of alkyl halides is 17. The largest absolute Gasteiger partial charge is 0.487 e. The summed E-state index contributed by atoms with van der Waals surface area (Å²) in [5.74, 6) is -24.6. The van der Waals surface area contributed by atoms with Gasteiger partial charge in [0.05, 0.1) is 0 Å². The second kappa shape index (κ2) is 14.7. The zero-order chi connectivity index (χ0) is 40.5. The Bertz CT molecular complexity index is 1810. The summed E-state index contributed by atoms with van der Waals surface area (Å²) in [6, 6.07) is 19.2. The molecular weight excluding hydrogens is 779 g/mol. The summed E-state index contributed by atoms with van der Waals surface area (Å²) < 4.78 is 233. The van der Waals surface area contributed by atoms with Crippen LogP contribution in [0.3, 0.4) is 0 Å². The molecule has 294 valence electrons. The predicted molar refractivity (Wildman–Crippen MR) is 157 cm³/mol. The molecule has 3 nitrogen and oxygen atoms in total. The van der Waals surface area contributed by atoms with Gasteiger partial charge < -0.3 is 14.2 Å². The molecule has 0 bridgehead atoms. The first kappa shape index (κ1) is 41.8. The van der Waals surface area contributed by atoms with Crippen LogP contribution in [0.1, 0.15) is 0 Å². The molecule has 4 aromatic carbocycles. The van der Waals surface area contributed by atoms with Crippen molar-refractivity contribution in [2.24, 2.45) is 0 Å². The lowest BCUT2D eigenvalue weighted by Crippen LogP contribution is -2.54. The first-order valence-corrected chi connectivity index (χ1v) is 14.7. The molecule has 20 heteroatoms. The van der Waals surface area contributed by atoms with Crippen molar-refractivity contribution >= 4 is 0 Å². The number of benzene rings is 4. The van der Waals surface area contributed by atoms with Gasteiger partial charge in [-0.05, 0) is 57.6 Å². The van der Waals surface area contributed by atoms with Gasteiger partial charge in [-0.1, -0.05) is 60.7 Å². The Morgan fingerprint density at radius 3 is 0.889 bits per heavy atom. The minimum Gasteiger partial charge on any atom is -0.487 e. The fourth-order valence-electron chi connectivity index (χ4n) is 4.34. The van der Waals surface area contributed by atoms with Crippen molar-refractivity contribution in [3.63, 3.8) is 0 Å². The normalized spacial score (nSPS) is 13.5. The molecular formula is C34H21F17O3. The standard InChI is InChI=1S/C34H21F17O3/c35-28(36,31(41,42)34(49,50)51)16-52-25-11-9-22(10-12-25)21-3-1-19(2-4-21)20-5-7-23(8-6-20)24-13-26(53-17-29(37,38)32(43,44)45)15-27(14-24)54-18-30(39,40)33(46,47)48/h1-15H,16-18H2. The number of halogens is 17. The fraction of sp³-hybridized carbons (Fsp3) is 0.294. The Kier molecular flexibility index (Phi) is 11.4. The van der Waals surface area contributed by atoms with Gasteiger partial charge in [0.2, 0.25) is 0 Å². The van der Waals surface area contributed by atoms with Gasteiger partial charge in [-0.25, -0.2) is 0 Å². The van der Waals surface area contributed by atoms with Crippen LogP contribution in [-0.4, -0.2) is 62.0 Å². The van der Waals surface area contributed by atoms with E-state index in [1.54, 1.807) is 24.3 Å². The van der Waals surface area contributed by atoms with E-state index in [2.05, 4.69) is 14.2 Å². The lowest BCUT2D eigenvalue weighted by Gasteiger charge is -2.27. The van der Waals surface area contributed by atoms with Crippen LogP contribution >= 0.6 is 0 Å². The van der Waals surface area contributed by atoms with Crippen LogP contribution in [0.25, 0.3) is 33.4 Å². The third-order valence-electron chi connectivity index (χ3n) is 7.41. The maximum absolute atomic E-state index is 13.5. The average molecular weight is 801 g/mol. The SMILES string of the molecule is FC(F)(F)C(F)(F)COc1cc(OCC(F)(F)C(F)(F)F)cc(-c2ccc(-c3ccc(-c4ccc(OCC(F)(F)C(F)(F)C(F)(F)F)cc4)cc3)cc2)c1. The van der Waals surface area contributed by atoms with Crippen molar-refractivity contribution in [1.82, 2.24) is 0 Å². The molecule has 54 heavy (non-hydrogen) atoms. The van der Waals surface area contributed by atoms with Crippen molar-refractivity contribution in [1.29, 1.82) is 0 Å². The second-order valence-corrected chi connectivity index (χ2v) is 11.4. The molecule has 0 unspecified atom stereocenters. The van der Waals surface area contributed by atoms with Crippen LogP contribution < -0.4 is 14.2 Å². The Morgan fingerprint density at radius 2 is 0.574 bits per heavy atom. The van der Waals surface area contributed by atoms with Crippen LogP contribution in [0, 0.1) is 0 Å². The van der Waals surface area contributed by atoms with E-state index in [-0.39, 0.29) is 11.1 Å². The Balaban J connectivity index is 1.50. The van der Waals surface area contributed by atoms with E-state index in [1.807, 2.05) is 0 Å². The summed E-state index contributed by atoms with van der Waals surface area (Å²) >= 11 is 0. The summed E-state index contributed by atoms with van der Waals surface area (Å²) in [7, 11) is 0. The summed E-state index contributed by atoms with van der Waals surface area (Å²) in [5.41, 5.74) is 2.11.